The van der Waals surface area contributed by atoms with Crippen molar-refractivity contribution in [1.29, 1.82) is 0 Å². The van der Waals surface area contributed by atoms with E-state index in [2.05, 4.69) is 10.3 Å². The summed E-state index contributed by atoms with van der Waals surface area (Å²) in [6.07, 6.45) is 3.53. The number of nitrogens with one attached hydrogen (secondary N) is 1. The highest BCUT2D eigenvalue weighted by Gasteiger charge is 2.27. The maximum absolute atomic E-state index is 12.2. The molecular formula is C22H18N2O2. The fourth-order valence-electron chi connectivity index (χ4n) is 3.32. The van der Waals surface area contributed by atoms with Crippen LogP contribution in [-0.4, -0.2) is 16.0 Å². The van der Waals surface area contributed by atoms with Crippen molar-refractivity contribution >= 4 is 17.2 Å². The molecule has 128 valence electrons. The van der Waals surface area contributed by atoms with Gasteiger partial charge in [-0.05, 0) is 48.7 Å². The minimum atomic E-state index is -0.121. The number of allylic oxidation sites excluding steroid dienone is 1. The van der Waals surface area contributed by atoms with Gasteiger partial charge in [0.05, 0.1) is 5.69 Å². The normalized spacial score (nSPS) is 12.7. The predicted molar refractivity (Wildman–Crippen MR) is 104 cm³/mol. The van der Waals surface area contributed by atoms with Crippen LogP contribution in [0, 0.1) is 0 Å². The van der Waals surface area contributed by atoms with E-state index in [0.29, 0.717) is 16.8 Å². The van der Waals surface area contributed by atoms with Crippen molar-refractivity contribution < 1.29 is 9.90 Å². The van der Waals surface area contributed by atoms with Crippen LogP contribution in [0.4, 0.5) is 5.69 Å². The van der Waals surface area contributed by atoms with Crippen LogP contribution < -0.4 is 5.32 Å². The molecule has 1 aliphatic rings. The van der Waals surface area contributed by atoms with Crippen LogP contribution in [0.25, 0.3) is 27.8 Å². The van der Waals surface area contributed by atoms with Crippen LogP contribution in [0.1, 0.15) is 19.4 Å². The average molecular weight is 342 g/mol. The lowest BCUT2D eigenvalue weighted by atomic mass is 9.95. The van der Waals surface area contributed by atoms with E-state index in [1.807, 2.05) is 56.3 Å². The second-order valence-corrected chi connectivity index (χ2v) is 6.56. The first-order valence-corrected chi connectivity index (χ1v) is 8.41. The Bertz CT molecular complexity index is 1030. The van der Waals surface area contributed by atoms with Gasteiger partial charge in [-0.15, -0.1) is 0 Å². The number of anilines is 1. The number of fused-ring (bicyclic) bond motifs is 1. The van der Waals surface area contributed by atoms with Crippen molar-refractivity contribution in [3.05, 3.63) is 72.1 Å². The van der Waals surface area contributed by atoms with E-state index in [0.717, 1.165) is 27.8 Å². The lowest BCUT2D eigenvalue weighted by Gasteiger charge is -2.10. The van der Waals surface area contributed by atoms with Crippen molar-refractivity contribution in [1.82, 2.24) is 4.98 Å². The number of aromatic hydroxyl groups is 1. The van der Waals surface area contributed by atoms with Gasteiger partial charge in [-0.1, -0.05) is 29.8 Å². The largest absolute Gasteiger partial charge is 0.507 e. The molecule has 1 aromatic heterocycles. The first-order chi connectivity index (χ1) is 12.5. The number of rotatable bonds is 2. The summed E-state index contributed by atoms with van der Waals surface area (Å²) < 4.78 is 0. The lowest BCUT2D eigenvalue weighted by molar-refractivity contribution is -0.110. The van der Waals surface area contributed by atoms with Gasteiger partial charge < -0.3 is 10.4 Å². The van der Waals surface area contributed by atoms with Gasteiger partial charge in [-0.25, -0.2) is 0 Å². The Kier molecular flexibility index (Phi) is 3.81. The number of amides is 1. The molecule has 0 radical (unpaired) electrons. The highest BCUT2D eigenvalue weighted by atomic mass is 16.3. The monoisotopic (exact) mass is 342 g/mol. The van der Waals surface area contributed by atoms with Gasteiger partial charge in [0.2, 0.25) is 0 Å². The minimum absolute atomic E-state index is 0.121. The minimum Gasteiger partial charge on any atom is -0.507 e. The molecule has 4 heteroatoms. The summed E-state index contributed by atoms with van der Waals surface area (Å²) in [5.41, 5.74) is 6.89. The number of pyridine rings is 1. The third kappa shape index (κ3) is 2.65. The summed E-state index contributed by atoms with van der Waals surface area (Å²) in [5, 5.41) is 13.3. The third-order valence-electron chi connectivity index (χ3n) is 4.59. The number of nitrogens with zero attached hydrogens (tertiary/aromatic N) is 1. The van der Waals surface area contributed by atoms with Crippen LogP contribution in [0.2, 0.25) is 0 Å². The lowest BCUT2D eigenvalue weighted by Crippen LogP contribution is -2.04. The summed E-state index contributed by atoms with van der Waals surface area (Å²) >= 11 is 0. The van der Waals surface area contributed by atoms with E-state index < -0.39 is 0 Å². The van der Waals surface area contributed by atoms with E-state index >= 15 is 0 Å². The Hall–Kier alpha value is -3.40. The first-order valence-electron chi connectivity index (χ1n) is 8.41. The smallest absolute Gasteiger partial charge is 0.256 e. The zero-order valence-electron chi connectivity index (χ0n) is 14.6. The van der Waals surface area contributed by atoms with E-state index in [-0.39, 0.29) is 11.7 Å². The molecule has 0 atom stereocenters. The fourth-order valence-corrected chi connectivity index (χ4v) is 3.32. The van der Waals surface area contributed by atoms with Gasteiger partial charge in [-0.3, -0.25) is 9.78 Å². The fraction of sp³-hybridized carbons (Fsp3) is 0.0909. The Morgan fingerprint density at radius 1 is 0.885 bits per heavy atom. The second kappa shape index (κ2) is 6.15. The highest BCUT2D eigenvalue weighted by molar-refractivity contribution is 6.32. The van der Waals surface area contributed by atoms with Gasteiger partial charge in [0.25, 0.3) is 5.91 Å². The van der Waals surface area contributed by atoms with Crippen LogP contribution in [0.5, 0.6) is 5.75 Å². The van der Waals surface area contributed by atoms with Gasteiger partial charge in [0, 0.05) is 35.2 Å². The molecule has 0 bridgehead atoms. The van der Waals surface area contributed by atoms with Crippen LogP contribution in [0.15, 0.2) is 66.5 Å². The zero-order valence-corrected chi connectivity index (χ0v) is 14.6. The molecule has 1 amide bonds. The predicted octanol–water partition coefficient (Wildman–Crippen LogP) is 4.87. The number of aromatic nitrogens is 1. The number of carbonyl (C=O) groups is 1. The summed E-state index contributed by atoms with van der Waals surface area (Å²) in [7, 11) is 0. The molecule has 0 fully saturated rings. The quantitative estimate of drug-likeness (QED) is 0.653. The molecule has 0 aliphatic carbocycles. The van der Waals surface area contributed by atoms with Crippen molar-refractivity contribution in [3.8, 4) is 28.0 Å². The van der Waals surface area contributed by atoms with Crippen LogP contribution in [0.3, 0.4) is 0 Å². The van der Waals surface area contributed by atoms with Crippen molar-refractivity contribution in [2.45, 2.75) is 13.8 Å². The number of hydrogen-bond acceptors (Lipinski definition) is 3. The number of hydrogen-bond donors (Lipinski definition) is 2. The second-order valence-electron chi connectivity index (χ2n) is 6.56. The number of phenols is 1. The SMILES string of the molecule is CC(C)=C1C(=O)Nc2cc(O)c(-c3ccc(-c4ccncc4)cc3)cc21. The number of phenolic OH excluding ortho intramolecular Hbond substituents is 1. The van der Waals surface area contributed by atoms with Gasteiger partial charge in [0.1, 0.15) is 5.75 Å². The van der Waals surface area contributed by atoms with Crippen LogP contribution in [-0.2, 0) is 4.79 Å². The van der Waals surface area contributed by atoms with Crippen molar-refractivity contribution in [3.63, 3.8) is 0 Å². The number of carbonyl (C=O) groups excluding carboxylic acids is 1. The Labute approximate surface area is 151 Å². The third-order valence-corrected chi connectivity index (χ3v) is 4.59. The summed E-state index contributed by atoms with van der Waals surface area (Å²) in [5.74, 6) is 0.0281. The molecule has 4 nitrogen and oxygen atoms in total. The molecule has 0 spiro atoms. The molecule has 26 heavy (non-hydrogen) atoms. The van der Waals surface area contributed by atoms with Crippen molar-refractivity contribution in [2.24, 2.45) is 0 Å². The van der Waals surface area contributed by atoms with E-state index in [1.165, 1.54) is 0 Å². The molecule has 0 saturated heterocycles. The van der Waals surface area contributed by atoms with E-state index in [1.54, 1.807) is 18.5 Å². The van der Waals surface area contributed by atoms with Crippen molar-refractivity contribution in [2.75, 3.05) is 5.32 Å². The molecular weight excluding hydrogens is 324 g/mol. The Morgan fingerprint density at radius 2 is 1.50 bits per heavy atom. The van der Waals surface area contributed by atoms with Gasteiger partial charge in [0.15, 0.2) is 0 Å². The summed E-state index contributed by atoms with van der Waals surface area (Å²) in [6, 6.07) is 15.4. The molecule has 2 aromatic carbocycles. The van der Waals surface area contributed by atoms with Gasteiger partial charge >= 0.3 is 0 Å². The van der Waals surface area contributed by atoms with E-state index in [4.69, 9.17) is 0 Å². The molecule has 2 heterocycles. The first kappa shape index (κ1) is 16.1. The molecule has 1 aliphatic heterocycles. The summed E-state index contributed by atoms with van der Waals surface area (Å²) in [6.45, 7) is 3.83. The molecule has 4 rings (SSSR count). The van der Waals surface area contributed by atoms with E-state index in [9.17, 15) is 9.90 Å². The topological polar surface area (TPSA) is 62.2 Å². The van der Waals surface area contributed by atoms with Gasteiger partial charge in [-0.2, -0.15) is 0 Å². The maximum atomic E-state index is 12.2. The highest BCUT2D eigenvalue weighted by Crippen LogP contribution is 2.41. The van der Waals surface area contributed by atoms with Crippen LogP contribution >= 0.6 is 0 Å². The zero-order chi connectivity index (χ0) is 18.3. The Balaban J connectivity index is 1.78. The molecule has 2 N–H and O–H groups in total. The average Bonchev–Trinajstić information content (AvgIpc) is 2.96. The Morgan fingerprint density at radius 3 is 2.15 bits per heavy atom. The molecule has 0 saturated carbocycles. The maximum Gasteiger partial charge on any atom is 0.256 e. The molecule has 0 unspecified atom stereocenters. The number of benzene rings is 2. The summed E-state index contributed by atoms with van der Waals surface area (Å²) in [4.78, 5) is 16.2. The standard InChI is InChI=1S/C22H18N2O2/c1-13(2)21-18-11-17(20(25)12-19(18)24-22(21)26)16-5-3-14(4-6-16)15-7-9-23-10-8-15/h3-12,25H,1-2H3,(H,24,26). The molecule has 3 aromatic rings.